The normalized spacial score (nSPS) is 9.93. The van der Waals surface area contributed by atoms with Crippen LogP contribution in [0.3, 0.4) is 0 Å². The van der Waals surface area contributed by atoms with Gasteiger partial charge in [0.2, 0.25) is 5.88 Å². The highest BCUT2D eigenvalue weighted by Gasteiger charge is 1.98. The lowest BCUT2D eigenvalue weighted by atomic mass is 10.3. The quantitative estimate of drug-likeness (QED) is 0.814. The van der Waals surface area contributed by atoms with Crippen LogP contribution in [0.5, 0.6) is 11.6 Å². The fourth-order valence-electron chi connectivity index (χ4n) is 1.00. The smallest absolute Gasteiger partial charge is 0.237 e. The van der Waals surface area contributed by atoms with Gasteiger partial charge < -0.3 is 10.5 Å². The second kappa shape index (κ2) is 3.91. The zero-order chi connectivity index (χ0) is 10.7. The number of nitrogen functional groups attached to an aromatic ring is 1. The van der Waals surface area contributed by atoms with Crippen LogP contribution in [0.1, 0.15) is 0 Å². The van der Waals surface area contributed by atoms with E-state index in [4.69, 9.17) is 10.5 Å². The molecule has 0 saturated heterocycles. The molecule has 0 fully saturated rings. The van der Waals surface area contributed by atoms with E-state index in [1.54, 1.807) is 0 Å². The van der Waals surface area contributed by atoms with Crippen molar-refractivity contribution in [2.75, 3.05) is 5.73 Å². The molecule has 15 heavy (non-hydrogen) atoms. The van der Waals surface area contributed by atoms with Gasteiger partial charge in [-0.05, 0) is 24.3 Å². The molecule has 0 bridgehead atoms. The maximum atomic E-state index is 12.6. The van der Waals surface area contributed by atoms with Crippen molar-refractivity contribution in [1.29, 1.82) is 0 Å². The summed E-state index contributed by atoms with van der Waals surface area (Å²) in [4.78, 5) is 7.70. The van der Waals surface area contributed by atoms with Gasteiger partial charge in [-0.15, -0.1) is 0 Å². The van der Waals surface area contributed by atoms with Crippen LogP contribution in [0.15, 0.2) is 36.7 Å². The third-order valence-corrected chi connectivity index (χ3v) is 1.68. The Hall–Kier alpha value is -2.17. The van der Waals surface area contributed by atoms with Gasteiger partial charge in [-0.1, -0.05) is 0 Å². The van der Waals surface area contributed by atoms with Gasteiger partial charge in [0.15, 0.2) is 0 Å². The summed E-state index contributed by atoms with van der Waals surface area (Å²) in [5.41, 5.74) is 5.36. The molecule has 0 aliphatic heterocycles. The molecule has 0 spiro atoms. The van der Waals surface area contributed by atoms with E-state index in [1.807, 2.05) is 0 Å². The number of ether oxygens (including phenoxy) is 1. The number of halogens is 1. The summed E-state index contributed by atoms with van der Waals surface area (Å²) in [6, 6.07) is 5.63. The van der Waals surface area contributed by atoms with Gasteiger partial charge in [-0.25, -0.2) is 14.4 Å². The van der Waals surface area contributed by atoms with E-state index in [1.165, 1.54) is 36.7 Å². The highest BCUT2D eigenvalue weighted by atomic mass is 19.1. The average molecular weight is 205 g/mol. The Balaban J connectivity index is 2.15. The van der Waals surface area contributed by atoms with Crippen LogP contribution in [0, 0.1) is 5.82 Å². The first-order valence-electron chi connectivity index (χ1n) is 4.25. The van der Waals surface area contributed by atoms with Gasteiger partial charge in [0.05, 0.1) is 12.4 Å². The molecule has 5 heteroatoms. The molecule has 0 atom stereocenters. The van der Waals surface area contributed by atoms with E-state index >= 15 is 0 Å². The van der Waals surface area contributed by atoms with Gasteiger partial charge in [0.1, 0.15) is 17.4 Å². The van der Waals surface area contributed by atoms with E-state index in [2.05, 4.69) is 9.97 Å². The molecular formula is C10H8FN3O. The molecule has 4 nitrogen and oxygen atoms in total. The minimum absolute atomic E-state index is 0.314. The third kappa shape index (κ3) is 2.40. The molecular weight excluding hydrogens is 197 g/mol. The number of benzene rings is 1. The summed E-state index contributed by atoms with van der Waals surface area (Å²) < 4.78 is 17.9. The molecule has 0 radical (unpaired) electrons. The number of nitrogens with zero attached hydrogens (tertiary/aromatic N) is 2. The molecule has 1 heterocycles. The molecule has 0 aliphatic carbocycles. The lowest BCUT2D eigenvalue weighted by Gasteiger charge is -2.03. The van der Waals surface area contributed by atoms with Crippen molar-refractivity contribution in [1.82, 2.24) is 9.97 Å². The van der Waals surface area contributed by atoms with Crippen LogP contribution in [0.25, 0.3) is 0 Å². The maximum absolute atomic E-state index is 12.6. The van der Waals surface area contributed by atoms with Crippen LogP contribution < -0.4 is 10.5 Å². The van der Waals surface area contributed by atoms with Crippen LogP contribution in [0.2, 0.25) is 0 Å². The molecule has 0 unspecified atom stereocenters. The maximum Gasteiger partial charge on any atom is 0.237 e. The average Bonchev–Trinajstić information content (AvgIpc) is 2.25. The van der Waals surface area contributed by atoms with Crippen molar-refractivity contribution < 1.29 is 9.13 Å². The molecule has 1 aromatic heterocycles. The summed E-state index contributed by atoms with van der Waals surface area (Å²) >= 11 is 0. The number of hydrogen-bond acceptors (Lipinski definition) is 4. The van der Waals surface area contributed by atoms with E-state index in [0.717, 1.165) is 0 Å². The summed E-state index contributed by atoms with van der Waals surface area (Å²) in [5, 5.41) is 0. The Morgan fingerprint density at radius 3 is 2.40 bits per heavy atom. The van der Waals surface area contributed by atoms with E-state index in [-0.39, 0.29) is 5.82 Å². The van der Waals surface area contributed by atoms with Crippen molar-refractivity contribution in [2.45, 2.75) is 0 Å². The lowest BCUT2D eigenvalue weighted by Crippen LogP contribution is -1.93. The summed E-state index contributed by atoms with van der Waals surface area (Å²) in [6.07, 6.45) is 2.79. The molecule has 2 rings (SSSR count). The van der Waals surface area contributed by atoms with Crippen molar-refractivity contribution in [3.63, 3.8) is 0 Å². The summed E-state index contributed by atoms with van der Waals surface area (Å²) in [6.45, 7) is 0. The van der Waals surface area contributed by atoms with Crippen molar-refractivity contribution >= 4 is 5.82 Å². The fraction of sp³-hybridized carbons (Fsp3) is 0. The van der Waals surface area contributed by atoms with Gasteiger partial charge in [-0.2, -0.15) is 0 Å². The highest BCUT2D eigenvalue weighted by molar-refractivity contribution is 5.29. The molecule has 1 aromatic carbocycles. The Labute approximate surface area is 85.5 Å². The third-order valence-electron chi connectivity index (χ3n) is 1.68. The first kappa shape index (κ1) is 9.39. The Kier molecular flexibility index (Phi) is 2.45. The second-order valence-corrected chi connectivity index (χ2v) is 2.84. The van der Waals surface area contributed by atoms with E-state index < -0.39 is 0 Å². The molecule has 76 valence electrons. The molecule has 2 N–H and O–H groups in total. The summed E-state index contributed by atoms with van der Waals surface area (Å²) in [7, 11) is 0. The number of aromatic nitrogens is 2. The first-order valence-corrected chi connectivity index (χ1v) is 4.25. The monoisotopic (exact) mass is 205 g/mol. The number of anilines is 1. The van der Waals surface area contributed by atoms with Crippen LogP contribution in [-0.4, -0.2) is 9.97 Å². The predicted octanol–water partition coefficient (Wildman–Crippen LogP) is 1.99. The topological polar surface area (TPSA) is 61.0 Å². The second-order valence-electron chi connectivity index (χ2n) is 2.84. The van der Waals surface area contributed by atoms with Gasteiger partial charge in [-0.3, -0.25) is 0 Å². The Bertz CT molecular complexity index is 398. The largest absolute Gasteiger partial charge is 0.438 e. The van der Waals surface area contributed by atoms with Crippen molar-refractivity contribution in [3.05, 3.63) is 42.5 Å². The van der Waals surface area contributed by atoms with Gasteiger partial charge in [0, 0.05) is 0 Å². The molecule has 0 aliphatic rings. The molecule has 0 saturated carbocycles. The zero-order valence-corrected chi connectivity index (χ0v) is 7.72. The zero-order valence-electron chi connectivity index (χ0n) is 7.72. The van der Waals surface area contributed by atoms with Crippen LogP contribution in [-0.2, 0) is 0 Å². The van der Waals surface area contributed by atoms with Crippen LogP contribution >= 0.6 is 0 Å². The number of rotatable bonds is 2. The van der Waals surface area contributed by atoms with E-state index in [9.17, 15) is 4.39 Å². The van der Waals surface area contributed by atoms with Gasteiger partial charge >= 0.3 is 0 Å². The Morgan fingerprint density at radius 2 is 1.80 bits per heavy atom. The SMILES string of the molecule is Nc1cnc(Oc2ccc(F)cc2)cn1. The number of hydrogen-bond donors (Lipinski definition) is 1. The lowest BCUT2D eigenvalue weighted by molar-refractivity contribution is 0.459. The van der Waals surface area contributed by atoms with E-state index in [0.29, 0.717) is 17.4 Å². The predicted molar refractivity (Wildman–Crippen MR) is 52.9 cm³/mol. The van der Waals surface area contributed by atoms with Crippen molar-refractivity contribution in [3.8, 4) is 11.6 Å². The molecule has 0 amide bonds. The minimum atomic E-state index is -0.314. The first-order chi connectivity index (χ1) is 7.24. The van der Waals surface area contributed by atoms with Crippen LogP contribution in [0.4, 0.5) is 10.2 Å². The molecule has 2 aromatic rings. The Morgan fingerprint density at radius 1 is 1.07 bits per heavy atom. The van der Waals surface area contributed by atoms with Crippen molar-refractivity contribution in [2.24, 2.45) is 0 Å². The minimum Gasteiger partial charge on any atom is -0.438 e. The number of nitrogens with two attached hydrogens (primary N) is 1. The standard InChI is InChI=1S/C10H8FN3O/c11-7-1-3-8(4-2-7)15-10-6-13-9(12)5-14-10/h1-6H,(H2,12,13). The highest BCUT2D eigenvalue weighted by Crippen LogP contribution is 2.18. The fourth-order valence-corrected chi connectivity index (χ4v) is 1.00. The van der Waals surface area contributed by atoms with Gasteiger partial charge in [0.25, 0.3) is 0 Å². The summed E-state index contributed by atoms with van der Waals surface area (Å²) in [5.74, 6) is 0.818.